The van der Waals surface area contributed by atoms with Gasteiger partial charge in [-0.2, -0.15) is 0 Å². The van der Waals surface area contributed by atoms with Gasteiger partial charge in [-0.1, -0.05) is 0 Å². The highest BCUT2D eigenvalue weighted by atomic mass is 19.1. The molecule has 1 aliphatic carbocycles. The van der Waals surface area contributed by atoms with Crippen LogP contribution in [0, 0.1) is 21.8 Å². The van der Waals surface area contributed by atoms with Crippen LogP contribution in [0.1, 0.15) is 23.2 Å². The van der Waals surface area contributed by atoms with Crippen molar-refractivity contribution in [2.75, 3.05) is 13.1 Å². The molecule has 1 aliphatic rings. The van der Waals surface area contributed by atoms with Gasteiger partial charge in [-0.15, -0.1) is 0 Å². The van der Waals surface area contributed by atoms with Crippen LogP contribution in [0.3, 0.4) is 0 Å². The minimum atomic E-state index is -1.19. The zero-order valence-corrected chi connectivity index (χ0v) is 11.0. The number of nitrogens with zero attached hydrogens (tertiary/aromatic N) is 2. The molecule has 0 atom stereocenters. The first-order valence-corrected chi connectivity index (χ1v) is 6.33. The molecule has 0 bridgehead atoms. The second-order valence-corrected chi connectivity index (χ2v) is 4.94. The first kappa shape index (κ1) is 14.9. The zero-order chi connectivity index (χ0) is 15.6. The van der Waals surface area contributed by atoms with Crippen LogP contribution in [-0.2, 0) is 4.79 Å². The summed E-state index contributed by atoms with van der Waals surface area (Å²) in [7, 11) is 0. The third-order valence-electron chi connectivity index (χ3n) is 3.18. The quantitative estimate of drug-likeness (QED) is 0.635. The molecule has 0 aliphatic heterocycles. The largest absolute Gasteiger partial charge is 0.480 e. The molecular formula is C13H13FN2O5. The third kappa shape index (κ3) is 3.74. The Bertz CT molecular complexity index is 600. The minimum Gasteiger partial charge on any atom is -0.480 e. The molecule has 0 radical (unpaired) electrons. The van der Waals surface area contributed by atoms with Crippen molar-refractivity contribution in [2.45, 2.75) is 12.8 Å². The number of carbonyl (C=O) groups excluding carboxylic acids is 1. The van der Waals surface area contributed by atoms with E-state index in [9.17, 15) is 24.1 Å². The number of hydrogen-bond acceptors (Lipinski definition) is 4. The Balaban J connectivity index is 2.22. The molecule has 1 fully saturated rings. The molecule has 112 valence electrons. The van der Waals surface area contributed by atoms with Crippen molar-refractivity contribution in [1.82, 2.24) is 4.90 Å². The Kier molecular flexibility index (Phi) is 4.15. The van der Waals surface area contributed by atoms with Crippen LogP contribution in [0.2, 0.25) is 0 Å². The Labute approximate surface area is 119 Å². The lowest BCUT2D eigenvalue weighted by atomic mass is 10.1. The Morgan fingerprint density at radius 3 is 2.57 bits per heavy atom. The van der Waals surface area contributed by atoms with Crippen LogP contribution in [0.5, 0.6) is 0 Å². The van der Waals surface area contributed by atoms with Crippen molar-refractivity contribution >= 4 is 17.6 Å². The van der Waals surface area contributed by atoms with Crippen molar-refractivity contribution in [2.24, 2.45) is 5.92 Å². The Morgan fingerprint density at radius 2 is 2.10 bits per heavy atom. The summed E-state index contributed by atoms with van der Waals surface area (Å²) in [6.45, 7) is -0.271. The summed E-state index contributed by atoms with van der Waals surface area (Å²) in [5, 5.41) is 19.4. The maximum atomic E-state index is 13.8. The van der Waals surface area contributed by atoms with Gasteiger partial charge in [0.05, 0.1) is 16.6 Å². The number of non-ortho nitro benzene ring substituents is 1. The fourth-order valence-electron chi connectivity index (χ4n) is 1.96. The molecule has 0 heterocycles. The van der Waals surface area contributed by atoms with E-state index < -0.39 is 34.8 Å². The Morgan fingerprint density at radius 1 is 1.43 bits per heavy atom. The number of amides is 1. The van der Waals surface area contributed by atoms with Gasteiger partial charge >= 0.3 is 5.97 Å². The van der Waals surface area contributed by atoms with Crippen LogP contribution in [-0.4, -0.2) is 39.9 Å². The average Bonchev–Trinajstić information content (AvgIpc) is 3.20. The van der Waals surface area contributed by atoms with Gasteiger partial charge in [0.1, 0.15) is 12.4 Å². The molecular weight excluding hydrogens is 283 g/mol. The van der Waals surface area contributed by atoms with Gasteiger partial charge in [0.2, 0.25) is 0 Å². The number of carbonyl (C=O) groups is 2. The molecule has 0 unspecified atom stereocenters. The van der Waals surface area contributed by atoms with E-state index in [0.717, 1.165) is 29.9 Å². The van der Waals surface area contributed by atoms with Crippen molar-refractivity contribution in [3.05, 3.63) is 39.7 Å². The van der Waals surface area contributed by atoms with Gasteiger partial charge in [-0.05, 0) is 24.8 Å². The first-order chi connectivity index (χ1) is 9.88. The summed E-state index contributed by atoms with van der Waals surface area (Å²) in [5.74, 6) is -2.74. The lowest BCUT2D eigenvalue weighted by Crippen LogP contribution is -2.37. The predicted octanol–water partition coefficient (Wildman–Crippen LogP) is 1.67. The number of aliphatic carboxylic acids is 1. The van der Waals surface area contributed by atoms with E-state index in [-0.39, 0.29) is 18.0 Å². The van der Waals surface area contributed by atoms with E-state index in [2.05, 4.69) is 0 Å². The maximum Gasteiger partial charge on any atom is 0.323 e. The minimum absolute atomic E-state index is 0.245. The molecule has 0 saturated heterocycles. The highest BCUT2D eigenvalue weighted by molar-refractivity contribution is 5.96. The third-order valence-corrected chi connectivity index (χ3v) is 3.18. The van der Waals surface area contributed by atoms with E-state index >= 15 is 0 Å². The molecule has 8 heteroatoms. The number of nitro benzene ring substituents is 1. The molecule has 2 rings (SSSR count). The Hall–Kier alpha value is -2.51. The molecule has 0 aromatic heterocycles. The lowest BCUT2D eigenvalue weighted by Gasteiger charge is -2.20. The molecule has 1 aromatic rings. The second kappa shape index (κ2) is 5.86. The van der Waals surface area contributed by atoms with Crippen LogP contribution in [0.25, 0.3) is 0 Å². The number of nitro groups is 1. The summed E-state index contributed by atoms with van der Waals surface area (Å²) in [6.07, 6.45) is 1.82. The van der Waals surface area contributed by atoms with Crippen LogP contribution in [0.4, 0.5) is 10.1 Å². The SMILES string of the molecule is O=C(O)CN(CC1CC1)C(=O)c1ccc([N+](=O)[O-])cc1F. The molecule has 1 amide bonds. The smallest absolute Gasteiger partial charge is 0.323 e. The van der Waals surface area contributed by atoms with Crippen molar-refractivity contribution in [3.8, 4) is 0 Å². The number of halogens is 1. The normalized spacial score (nSPS) is 13.8. The summed E-state index contributed by atoms with van der Waals surface area (Å²) < 4.78 is 13.8. The number of hydrogen-bond donors (Lipinski definition) is 1. The molecule has 7 nitrogen and oxygen atoms in total. The van der Waals surface area contributed by atoms with Gasteiger partial charge in [0, 0.05) is 12.6 Å². The van der Waals surface area contributed by atoms with E-state index in [1.165, 1.54) is 0 Å². The monoisotopic (exact) mass is 296 g/mol. The summed E-state index contributed by atoms with van der Waals surface area (Å²) in [6, 6.07) is 2.69. The average molecular weight is 296 g/mol. The molecule has 1 aromatic carbocycles. The van der Waals surface area contributed by atoms with Gasteiger partial charge < -0.3 is 10.0 Å². The highest BCUT2D eigenvalue weighted by Crippen LogP contribution is 2.30. The first-order valence-electron chi connectivity index (χ1n) is 6.33. The van der Waals surface area contributed by atoms with Crippen molar-refractivity contribution in [1.29, 1.82) is 0 Å². The van der Waals surface area contributed by atoms with Crippen LogP contribution >= 0.6 is 0 Å². The van der Waals surface area contributed by atoms with Gasteiger partial charge in [-0.25, -0.2) is 4.39 Å². The number of benzene rings is 1. The number of carboxylic acids is 1. The lowest BCUT2D eigenvalue weighted by molar-refractivity contribution is -0.385. The zero-order valence-electron chi connectivity index (χ0n) is 11.0. The maximum absolute atomic E-state index is 13.8. The van der Waals surface area contributed by atoms with Gasteiger partial charge in [-0.3, -0.25) is 19.7 Å². The summed E-state index contributed by atoms with van der Waals surface area (Å²) in [5.41, 5.74) is -0.821. The number of carboxylic acid groups (broad SMARTS) is 1. The summed E-state index contributed by atoms with van der Waals surface area (Å²) in [4.78, 5) is 33.8. The highest BCUT2D eigenvalue weighted by Gasteiger charge is 2.29. The van der Waals surface area contributed by atoms with E-state index in [1.807, 2.05) is 0 Å². The van der Waals surface area contributed by atoms with E-state index in [1.54, 1.807) is 0 Å². The predicted molar refractivity (Wildman–Crippen MR) is 69.3 cm³/mol. The van der Waals surface area contributed by atoms with Crippen LogP contribution in [0.15, 0.2) is 18.2 Å². The second-order valence-electron chi connectivity index (χ2n) is 4.94. The summed E-state index contributed by atoms with van der Waals surface area (Å²) >= 11 is 0. The van der Waals surface area contributed by atoms with E-state index in [0.29, 0.717) is 6.07 Å². The fourth-order valence-corrected chi connectivity index (χ4v) is 1.96. The molecule has 1 N–H and O–H groups in total. The van der Waals surface area contributed by atoms with Crippen molar-refractivity contribution < 1.29 is 24.0 Å². The van der Waals surface area contributed by atoms with Crippen molar-refractivity contribution in [3.63, 3.8) is 0 Å². The van der Waals surface area contributed by atoms with Gasteiger partial charge in [0.15, 0.2) is 0 Å². The van der Waals surface area contributed by atoms with E-state index in [4.69, 9.17) is 5.11 Å². The number of rotatable bonds is 6. The van der Waals surface area contributed by atoms with Crippen LogP contribution < -0.4 is 0 Å². The fraction of sp³-hybridized carbons (Fsp3) is 0.385. The molecule has 0 spiro atoms. The topological polar surface area (TPSA) is 101 Å². The standard InChI is InChI=1S/C13H13FN2O5/c14-11-5-9(16(20)21)3-4-10(11)13(19)15(7-12(17)18)6-8-1-2-8/h3-5,8H,1-2,6-7H2,(H,17,18). The van der Waals surface area contributed by atoms with Gasteiger partial charge in [0.25, 0.3) is 11.6 Å². The molecule has 21 heavy (non-hydrogen) atoms. The molecule has 1 saturated carbocycles.